The molecule has 3 nitrogen and oxygen atoms in total. The van der Waals surface area contributed by atoms with Gasteiger partial charge in [-0.3, -0.25) is 0 Å². The van der Waals surface area contributed by atoms with Gasteiger partial charge in [0.2, 0.25) is 0 Å². The Hall–Kier alpha value is -1.78. The molecule has 3 rings (SSSR count). The molecule has 4 heteroatoms. The van der Waals surface area contributed by atoms with Gasteiger partial charge in [0.1, 0.15) is 5.82 Å². The summed E-state index contributed by atoms with van der Waals surface area (Å²) in [4.78, 5) is 6.03. The quantitative estimate of drug-likeness (QED) is 0.749. The largest absolute Gasteiger partial charge is 0.327 e. The molecule has 0 saturated heterocycles. The van der Waals surface area contributed by atoms with Crippen molar-refractivity contribution in [1.29, 1.82) is 0 Å². The molecule has 0 fully saturated rings. The minimum atomic E-state index is 0.545. The van der Waals surface area contributed by atoms with Crippen molar-refractivity contribution in [2.75, 3.05) is 6.26 Å². The van der Waals surface area contributed by atoms with Crippen LogP contribution >= 0.6 is 11.8 Å². The number of fused-ring (bicyclic) bond motifs is 1. The predicted molar refractivity (Wildman–Crippen MR) is 85.8 cm³/mol. The molecule has 0 aliphatic heterocycles. The van der Waals surface area contributed by atoms with Gasteiger partial charge in [-0.1, -0.05) is 24.3 Å². The molecule has 2 aromatic carbocycles. The first-order valence-corrected chi connectivity index (χ1v) is 7.76. The van der Waals surface area contributed by atoms with E-state index in [1.54, 1.807) is 11.8 Å². The van der Waals surface area contributed by atoms with E-state index in [2.05, 4.69) is 60.3 Å². The zero-order valence-electron chi connectivity index (χ0n) is 11.6. The Morgan fingerprint density at radius 3 is 2.75 bits per heavy atom. The van der Waals surface area contributed by atoms with Crippen molar-refractivity contribution in [3.63, 3.8) is 0 Å². The van der Waals surface area contributed by atoms with Crippen molar-refractivity contribution < 1.29 is 0 Å². The Kier molecular flexibility index (Phi) is 3.51. The average Bonchev–Trinajstić information content (AvgIpc) is 2.83. The van der Waals surface area contributed by atoms with Crippen LogP contribution in [-0.4, -0.2) is 15.8 Å². The van der Waals surface area contributed by atoms with E-state index in [0.29, 0.717) is 6.54 Å². The number of thioether (sulfide) groups is 1. The Morgan fingerprint density at radius 1 is 1.20 bits per heavy atom. The molecule has 0 aliphatic rings. The number of aromatic nitrogens is 2. The van der Waals surface area contributed by atoms with E-state index in [1.807, 2.05) is 0 Å². The smallest absolute Gasteiger partial charge is 0.141 e. The summed E-state index contributed by atoms with van der Waals surface area (Å²) in [6.07, 6.45) is 2.09. The monoisotopic (exact) mass is 283 g/mol. The molecule has 0 bridgehead atoms. The lowest BCUT2D eigenvalue weighted by atomic mass is 10.2. The molecular formula is C16H17N3S. The number of aryl methyl sites for hydroxylation is 1. The predicted octanol–water partition coefficient (Wildman–Crippen LogP) is 3.42. The van der Waals surface area contributed by atoms with Gasteiger partial charge >= 0.3 is 0 Å². The number of nitrogens with zero attached hydrogens (tertiary/aromatic N) is 2. The summed E-state index contributed by atoms with van der Waals surface area (Å²) in [6, 6.07) is 14.6. The molecule has 3 aromatic rings. The van der Waals surface area contributed by atoms with Gasteiger partial charge in [-0.15, -0.1) is 11.8 Å². The Bertz CT molecular complexity index is 762. The molecule has 0 aliphatic carbocycles. The summed E-state index contributed by atoms with van der Waals surface area (Å²) in [5.41, 5.74) is 10.1. The second-order valence-corrected chi connectivity index (χ2v) is 5.57. The van der Waals surface area contributed by atoms with Crippen LogP contribution in [0.5, 0.6) is 0 Å². The van der Waals surface area contributed by atoms with Crippen molar-refractivity contribution in [2.45, 2.75) is 11.4 Å². The minimum Gasteiger partial charge on any atom is -0.327 e. The van der Waals surface area contributed by atoms with E-state index < -0.39 is 0 Å². The SMILES string of the molecule is CSc1ccccc1-c1nc2cc(CN)ccc2n1C. The lowest BCUT2D eigenvalue weighted by Crippen LogP contribution is -1.96. The van der Waals surface area contributed by atoms with E-state index in [0.717, 1.165) is 22.4 Å². The van der Waals surface area contributed by atoms with Crippen molar-refractivity contribution in [2.24, 2.45) is 12.8 Å². The van der Waals surface area contributed by atoms with Crippen molar-refractivity contribution in [3.05, 3.63) is 48.0 Å². The molecule has 20 heavy (non-hydrogen) atoms. The maximum atomic E-state index is 5.70. The highest BCUT2D eigenvalue weighted by atomic mass is 32.2. The third kappa shape index (κ3) is 2.11. The maximum Gasteiger partial charge on any atom is 0.141 e. The fraction of sp³-hybridized carbons (Fsp3) is 0.188. The number of hydrogen-bond acceptors (Lipinski definition) is 3. The van der Waals surface area contributed by atoms with Crippen LogP contribution < -0.4 is 5.73 Å². The molecule has 1 aromatic heterocycles. The number of benzene rings is 2. The van der Waals surface area contributed by atoms with Crippen LogP contribution in [0.4, 0.5) is 0 Å². The topological polar surface area (TPSA) is 43.8 Å². The number of hydrogen-bond donors (Lipinski definition) is 1. The molecule has 0 spiro atoms. The fourth-order valence-electron chi connectivity index (χ4n) is 2.44. The van der Waals surface area contributed by atoms with Gasteiger partial charge in [0, 0.05) is 24.1 Å². The van der Waals surface area contributed by atoms with Crippen LogP contribution in [0.25, 0.3) is 22.4 Å². The minimum absolute atomic E-state index is 0.545. The molecule has 1 heterocycles. The summed E-state index contributed by atoms with van der Waals surface area (Å²) >= 11 is 1.74. The first-order chi connectivity index (χ1) is 9.74. The zero-order chi connectivity index (χ0) is 14.1. The lowest BCUT2D eigenvalue weighted by Gasteiger charge is -2.07. The Morgan fingerprint density at radius 2 is 2.00 bits per heavy atom. The third-order valence-electron chi connectivity index (χ3n) is 3.53. The van der Waals surface area contributed by atoms with Crippen molar-refractivity contribution in [1.82, 2.24) is 9.55 Å². The number of rotatable bonds is 3. The van der Waals surface area contributed by atoms with Crippen LogP contribution in [0.1, 0.15) is 5.56 Å². The van der Waals surface area contributed by atoms with Crippen molar-refractivity contribution in [3.8, 4) is 11.4 Å². The molecule has 102 valence electrons. The summed E-state index contributed by atoms with van der Waals surface area (Å²) in [5, 5.41) is 0. The standard InChI is InChI=1S/C16H17N3S/c1-19-14-8-7-11(10-17)9-13(14)18-16(19)12-5-3-4-6-15(12)20-2/h3-9H,10,17H2,1-2H3. The van der Waals surface area contributed by atoms with E-state index in [1.165, 1.54) is 10.5 Å². The van der Waals surface area contributed by atoms with Gasteiger partial charge in [0.25, 0.3) is 0 Å². The highest BCUT2D eigenvalue weighted by Gasteiger charge is 2.12. The maximum absolute atomic E-state index is 5.70. The normalized spacial score (nSPS) is 11.2. The summed E-state index contributed by atoms with van der Waals surface area (Å²) in [5.74, 6) is 0.999. The van der Waals surface area contributed by atoms with Crippen LogP contribution in [-0.2, 0) is 13.6 Å². The van der Waals surface area contributed by atoms with E-state index in [4.69, 9.17) is 10.7 Å². The molecule has 0 radical (unpaired) electrons. The Labute approximate surface area is 122 Å². The van der Waals surface area contributed by atoms with Crippen LogP contribution in [0.2, 0.25) is 0 Å². The third-order valence-corrected chi connectivity index (χ3v) is 4.32. The molecule has 0 atom stereocenters. The molecule has 0 unspecified atom stereocenters. The molecular weight excluding hydrogens is 266 g/mol. The highest BCUT2D eigenvalue weighted by Crippen LogP contribution is 2.31. The molecule has 2 N–H and O–H groups in total. The van der Waals surface area contributed by atoms with Gasteiger partial charge in [-0.2, -0.15) is 0 Å². The summed E-state index contributed by atoms with van der Waals surface area (Å²) < 4.78 is 2.14. The highest BCUT2D eigenvalue weighted by molar-refractivity contribution is 7.98. The number of nitrogens with two attached hydrogens (primary N) is 1. The molecule has 0 saturated carbocycles. The Balaban J connectivity index is 2.23. The fourth-order valence-corrected chi connectivity index (χ4v) is 3.04. The molecule has 0 amide bonds. The van der Waals surface area contributed by atoms with Gasteiger partial charge in [0.15, 0.2) is 0 Å². The van der Waals surface area contributed by atoms with Crippen LogP contribution in [0, 0.1) is 0 Å². The zero-order valence-corrected chi connectivity index (χ0v) is 12.4. The summed E-state index contributed by atoms with van der Waals surface area (Å²) in [7, 11) is 2.06. The van der Waals surface area contributed by atoms with Crippen LogP contribution in [0.3, 0.4) is 0 Å². The van der Waals surface area contributed by atoms with Gasteiger partial charge < -0.3 is 10.3 Å². The van der Waals surface area contributed by atoms with Crippen molar-refractivity contribution >= 4 is 22.8 Å². The van der Waals surface area contributed by atoms with Crippen LogP contribution in [0.15, 0.2) is 47.4 Å². The van der Waals surface area contributed by atoms with E-state index in [9.17, 15) is 0 Å². The second-order valence-electron chi connectivity index (χ2n) is 4.72. The number of imidazole rings is 1. The second kappa shape index (κ2) is 5.31. The van der Waals surface area contributed by atoms with E-state index in [-0.39, 0.29) is 0 Å². The lowest BCUT2D eigenvalue weighted by molar-refractivity contribution is 0.954. The average molecular weight is 283 g/mol. The first-order valence-electron chi connectivity index (χ1n) is 6.53. The van der Waals surface area contributed by atoms with Gasteiger partial charge in [0.05, 0.1) is 11.0 Å². The first kappa shape index (κ1) is 13.2. The van der Waals surface area contributed by atoms with E-state index >= 15 is 0 Å². The summed E-state index contributed by atoms with van der Waals surface area (Å²) in [6.45, 7) is 0.545. The van der Waals surface area contributed by atoms with Gasteiger partial charge in [-0.25, -0.2) is 4.98 Å². The van der Waals surface area contributed by atoms with Gasteiger partial charge in [-0.05, 0) is 30.0 Å².